The molecule has 29 heavy (non-hydrogen) atoms. The zero-order chi connectivity index (χ0) is 21.3. The van der Waals surface area contributed by atoms with Crippen molar-refractivity contribution in [2.75, 3.05) is 18.0 Å². The van der Waals surface area contributed by atoms with E-state index in [0.717, 1.165) is 12.1 Å². The van der Waals surface area contributed by atoms with Crippen LogP contribution >= 0.6 is 0 Å². The lowest BCUT2D eigenvalue weighted by molar-refractivity contribution is -0.384. The molecule has 0 unspecified atom stereocenters. The number of hydrogen-bond donors (Lipinski definition) is 0. The molecule has 3 rings (SSSR count). The monoisotopic (exact) mass is 416 g/mol. The van der Waals surface area contributed by atoms with Gasteiger partial charge in [0.25, 0.3) is 5.69 Å². The molecule has 2 fully saturated rings. The minimum atomic E-state index is -4.68. The largest absolute Gasteiger partial charge is 0.460 e. The van der Waals surface area contributed by atoms with Crippen molar-refractivity contribution in [3.63, 3.8) is 0 Å². The fourth-order valence-corrected chi connectivity index (χ4v) is 3.52. The topological polar surface area (TPSA) is 99.0 Å². The highest BCUT2D eigenvalue weighted by molar-refractivity contribution is 5.82. The van der Waals surface area contributed by atoms with Gasteiger partial charge in [0.1, 0.15) is 11.8 Å². The average molecular weight is 416 g/mol. The van der Waals surface area contributed by atoms with Gasteiger partial charge in [-0.25, -0.2) is 4.79 Å². The summed E-state index contributed by atoms with van der Waals surface area (Å²) < 4.78 is 48.7. The van der Waals surface area contributed by atoms with Crippen LogP contribution in [-0.4, -0.2) is 42.2 Å². The molecule has 2 aliphatic rings. The van der Waals surface area contributed by atoms with E-state index >= 15 is 0 Å². The minimum Gasteiger partial charge on any atom is -0.460 e. The molecular weight excluding hydrogens is 397 g/mol. The van der Waals surface area contributed by atoms with Crippen molar-refractivity contribution in [3.8, 4) is 0 Å². The van der Waals surface area contributed by atoms with Crippen LogP contribution in [0.15, 0.2) is 18.2 Å². The number of piperidine rings is 1. The van der Waals surface area contributed by atoms with E-state index in [9.17, 15) is 32.9 Å². The second kappa shape index (κ2) is 7.88. The summed E-state index contributed by atoms with van der Waals surface area (Å²) in [4.78, 5) is 35.9. The maximum Gasteiger partial charge on any atom is 0.416 e. The van der Waals surface area contributed by atoms with Crippen LogP contribution in [0.1, 0.15) is 31.7 Å². The van der Waals surface area contributed by atoms with Crippen molar-refractivity contribution >= 4 is 23.3 Å². The highest BCUT2D eigenvalue weighted by Crippen LogP contribution is 2.37. The molecule has 2 heterocycles. The van der Waals surface area contributed by atoms with Gasteiger partial charge in [-0.05, 0) is 31.9 Å². The van der Waals surface area contributed by atoms with Crippen LogP contribution in [0.5, 0.6) is 0 Å². The highest BCUT2D eigenvalue weighted by atomic mass is 19.4. The van der Waals surface area contributed by atoms with Crippen LogP contribution in [0.4, 0.5) is 24.5 Å². The molecule has 0 bridgehead atoms. The summed E-state index contributed by atoms with van der Waals surface area (Å²) in [5.41, 5.74) is -1.66. The number of ether oxygens (including phenoxy) is 2. The van der Waals surface area contributed by atoms with E-state index < -0.39 is 46.3 Å². The van der Waals surface area contributed by atoms with Gasteiger partial charge in [0.2, 0.25) is 6.10 Å². The van der Waals surface area contributed by atoms with Crippen molar-refractivity contribution in [1.29, 1.82) is 0 Å². The summed E-state index contributed by atoms with van der Waals surface area (Å²) in [6.45, 7) is 2.16. The molecule has 2 aliphatic heterocycles. The quantitative estimate of drug-likeness (QED) is 0.423. The summed E-state index contributed by atoms with van der Waals surface area (Å²) in [5.74, 6) is -1.62. The van der Waals surface area contributed by atoms with E-state index in [1.165, 1.54) is 0 Å². The molecule has 2 saturated heterocycles. The number of cyclic esters (lactones) is 1. The van der Waals surface area contributed by atoms with E-state index in [-0.39, 0.29) is 24.9 Å². The first kappa shape index (κ1) is 20.9. The van der Waals surface area contributed by atoms with E-state index in [4.69, 9.17) is 9.47 Å². The summed E-state index contributed by atoms with van der Waals surface area (Å²) in [6, 6.07) is 2.40. The van der Waals surface area contributed by atoms with E-state index in [1.807, 2.05) is 0 Å². The molecule has 0 spiro atoms. The average Bonchev–Trinajstić information content (AvgIpc) is 2.97. The lowest BCUT2D eigenvalue weighted by Gasteiger charge is -2.32. The standard InChI is InChI=1S/C18H19F3N2O6/c1-10-8-15(17(25)28-10)29-16(24)11-4-6-22(7-5-11)13-3-2-12(18(19,20)21)9-14(13)23(26)27/h2-3,9-11,15H,4-8H2,1H3/t10-,15-/m0/s1. The third-order valence-corrected chi connectivity index (χ3v) is 5.05. The number of nitro groups is 1. The van der Waals surface area contributed by atoms with Crippen molar-refractivity contribution in [3.05, 3.63) is 33.9 Å². The van der Waals surface area contributed by atoms with Gasteiger partial charge in [-0.15, -0.1) is 0 Å². The smallest absolute Gasteiger partial charge is 0.416 e. The van der Waals surface area contributed by atoms with Gasteiger partial charge in [0.05, 0.1) is 16.4 Å². The van der Waals surface area contributed by atoms with Gasteiger partial charge < -0.3 is 14.4 Å². The molecule has 11 heteroatoms. The van der Waals surface area contributed by atoms with Gasteiger partial charge in [-0.1, -0.05) is 0 Å². The van der Waals surface area contributed by atoms with E-state index in [1.54, 1.807) is 11.8 Å². The molecule has 0 saturated carbocycles. The lowest BCUT2D eigenvalue weighted by atomic mass is 9.96. The van der Waals surface area contributed by atoms with Crippen molar-refractivity contribution < 1.29 is 37.2 Å². The fourth-order valence-electron chi connectivity index (χ4n) is 3.52. The number of anilines is 1. The predicted molar refractivity (Wildman–Crippen MR) is 93.1 cm³/mol. The number of carbonyl (C=O) groups is 2. The number of nitro benzene ring substituents is 1. The van der Waals surface area contributed by atoms with Crippen molar-refractivity contribution in [2.45, 2.75) is 44.6 Å². The van der Waals surface area contributed by atoms with Crippen LogP contribution < -0.4 is 4.90 Å². The summed E-state index contributed by atoms with van der Waals surface area (Å²) in [5, 5.41) is 11.3. The number of hydrogen-bond acceptors (Lipinski definition) is 7. The Labute approximate surface area is 163 Å². The van der Waals surface area contributed by atoms with Crippen LogP contribution in [0, 0.1) is 16.0 Å². The Morgan fingerprint density at radius 2 is 1.97 bits per heavy atom. The van der Waals surface area contributed by atoms with E-state index in [0.29, 0.717) is 25.3 Å². The summed E-state index contributed by atoms with van der Waals surface area (Å²) in [6.07, 6.45) is -5.03. The Balaban J connectivity index is 1.65. The van der Waals surface area contributed by atoms with Crippen molar-refractivity contribution in [2.24, 2.45) is 5.92 Å². The molecule has 0 aliphatic carbocycles. The first-order valence-corrected chi connectivity index (χ1v) is 9.08. The number of halogens is 3. The molecule has 0 radical (unpaired) electrons. The minimum absolute atomic E-state index is 0.0722. The van der Waals surface area contributed by atoms with Gasteiger partial charge in [-0.3, -0.25) is 14.9 Å². The number of alkyl halides is 3. The molecule has 1 aromatic rings. The second-order valence-electron chi connectivity index (χ2n) is 7.13. The Kier molecular flexibility index (Phi) is 5.67. The Hall–Kier alpha value is -2.85. The lowest BCUT2D eigenvalue weighted by Crippen LogP contribution is -2.38. The molecular formula is C18H19F3N2O6. The zero-order valence-corrected chi connectivity index (χ0v) is 15.5. The Bertz CT molecular complexity index is 820. The first-order valence-electron chi connectivity index (χ1n) is 9.08. The summed E-state index contributed by atoms with van der Waals surface area (Å²) >= 11 is 0. The van der Waals surface area contributed by atoms with Gasteiger partial charge in [0, 0.05) is 25.6 Å². The Morgan fingerprint density at radius 1 is 1.31 bits per heavy atom. The SMILES string of the molecule is C[C@H]1C[C@H](OC(=O)C2CCN(c3ccc(C(F)(F)F)cc3[N+](=O)[O-])CC2)C(=O)O1. The number of esters is 2. The molecule has 8 nitrogen and oxygen atoms in total. The van der Waals surface area contributed by atoms with Gasteiger partial charge >= 0.3 is 18.1 Å². The maximum atomic E-state index is 12.8. The second-order valence-corrected chi connectivity index (χ2v) is 7.13. The summed E-state index contributed by atoms with van der Waals surface area (Å²) in [7, 11) is 0. The predicted octanol–water partition coefficient (Wildman–Crippen LogP) is 3.08. The zero-order valence-electron chi connectivity index (χ0n) is 15.5. The molecule has 0 amide bonds. The van der Waals surface area contributed by atoms with Crippen LogP contribution in [-0.2, 0) is 25.2 Å². The first-order chi connectivity index (χ1) is 13.6. The third kappa shape index (κ3) is 4.60. The van der Waals surface area contributed by atoms with Gasteiger partial charge in [-0.2, -0.15) is 13.2 Å². The van der Waals surface area contributed by atoms with Crippen molar-refractivity contribution in [1.82, 2.24) is 0 Å². The van der Waals surface area contributed by atoms with Gasteiger partial charge in [0.15, 0.2) is 0 Å². The fraction of sp³-hybridized carbons (Fsp3) is 0.556. The number of nitrogens with zero attached hydrogens (tertiary/aromatic N) is 2. The van der Waals surface area contributed by atoms with Crippen LogP contribution in [0.2, 0.25) is 0 Å². The molecule has 2 atom stereocenters. The maximum absolute atomic E-state index is 12.8. The molecule has 0 aromatic heterocycles. The van der Waals surface area contributed by atoms with Crippen LogP contribution in [0.3, 0.4) is 0 Å². The third-order valence-electron chi connectivity index (χ3n) is 5.05. The molecule has 158 valence electrons. The number of rotatable bonds is 4. The molecule has 0 N–H and O–H groups in total. The highest BCUT2D eigenvalue weighted by Gasteiger charge is 2.38. The number of carbonyl (C=O) groups excluding carboxylic acids is 2. The Morgan fingerprint density at radius 3 is 2.48 bits per heavy atom. The normalized spacial score (nSPS) is 23.0. The molecule has 1 aromatic carbocycles. The van der Waals surface area contributed by atoms with E-state index in [2.05, 4.69) is 0 Å². The van der Waals surface area contributed by atoms with Crippen LogP contribution in [0.25, 0.3) is 0 Å². The number of benzene rings is 1.